The maximum absolute atomic E-state index is 7.93. The van der Waals surface area contributed by atoms with E-state index in [0.717, 1.165) is 0 Å². The van der Waals surface area contributed by atoms with Gasteiger partial charge in [-0.15, -0.1) is 5.10 Å². The molecule has 0 aliphatic rings. The molecular formula is C3H4N6O. The van der Waals surface area contributed by atoms with Crippen molar-refractivity contribution in [1.82, 2.24) is 15.2 Å². The van der Waals surface area contributed by atoms with Gasteiger partial charge in [0.1, 0.15) is 0 Å². The maximum atomic E-state index is 7.93. The van der Waals surface area contributed by atoms with Crippen LogP contribution in [-0.2, 0) is 0 Å². The van der Waals surface area contributed by atoms with Crippen LogP contribution in [0.5, 0.6) is 6.01 Å². The van der Waals surface area contributed by atoms with E-state index in [1.807, 2.05) is 0 Å². The van der Waals surface area contributed by atoms with Gasteiger partial charge >= 0.3 is 6.01 Å². The van der Waals surface area contributed by atoms with E-state index in [-0.39, 0.29) is 12.0 Å². The summed E-state index contributed by atoms with van der Waals surface area (Å²) >= 11 is 0. The van der Waals surface area contributed by atoms with Crippen LogP contribution in [0, 0.1) is 0 Å². The van der Waals surface area contributed by atoms with Crippen molar-refractivity contribution in [2.24, 2.45) is 5.11 Å². The Labute approximate surface area is 55.7 Å². The predicted octanol–water partition coefficient (Wildman–Crippen LogP) is 0.755. The molecule has 10 heavy (non-hydrogen) atoms. The molecule has 0 radical (unpaired) electrons. The van der Waals surface area contributed by atoms with Gasteiger partial charge in [-0.1, -0.05) is 0 Å². The summed E-state index contributed by atoms with van der Waals surface area (Å²) in [6, 6.07) is 0.155. The lowest BCUT2D eigenvalue weighted by molar-refractivity contribution is 0.382. The Morgan fingerprint density at radius 2 is 2.60 bits per heavy atom. The molecule has 1 rings (SSSR count). The van der Waals surface area contributed by atoms with Crippen LogP contribution >= 0.6 is 0 Å². The highest BCUT2D eigenvalue weighted by Crippen LogP contribution is 2.06. The number of aromatic amines is 1. The third-order valence-electron chi connectivity index (χ3n) is 0.775. The van der Waals surface area contributed by atoms with E-state index >= 15 is 0 Å². The number of methoxy groups -OCH3 is 1. The summed E-state index contributed by atoms with van der Waals surface area (Å²) in [6.45, 7) is 0. The van der Waals surface area contributed by atoms with Crippen molar-refractivity contribution in [2.75, 3.05) is 7.11 Å². The summed E-state index contributed by atoms with van der Waals surface area (Å²) in [5, 5.41) is 9.03. The van der Waals surface area contributed by atoms with Crippen molar-refractivity contribution in [1.29, 1.82) is 0 Å². The van der Waals surface area contributed by atoms with Crippen molar-refractivity contribution in [2.45, 2.75) is 0 Å². The van der Waals surface area contributed by atoms with Crippen LogP contribution in [-0.4, -0.2) is 22.3 Å². The van der Waals surface area contributed by atoms with Crippen LogP contribution in [0.1, 0.15) is 0 Å². The highest BCUT2D eigenvalue weighted by atomic mass is 16.5. The van der Waals surface area contributed by atoms with Gasteiger partial charge in [0.05, 0.1) is 7.11 Å². The zero-order valence-electron chi connectivity index (χ0n) is 5.14. The fraction of sp³-hybridized carbons (Fsp3) is 0.333. The van der Waals surface area contributed by atoms with E-state index in [4.69, 9.17) is 5.53 Å². The molecule has 0 aromatic carbocycles. The van der Waals surface area contributed by atoms with Crippen LogP contribution in [0.3, 0.4) is 0 Å². The van der Waals surface area contributed by atoms with Gasteiger partial charge < -0.3 is 4.74 Å². The highest BCUT2D eigenvalue weighted by molar-refractivity contribution is 5.14. The van der Waals surface area contributed by atoms with E-state index in [0.29, 0.717) is 0 Å². The van der Waals surface area contributed by atoms with Crippen LogP contribution in [0.15, 0.2) is 5.11 Å². The molecule has 0 fully saturated rings. The molecule has 7 nitrogen and oxygen atoms in total. The average Bonchev–Trinajstić information content (AvgIpc) is 2.37. The van der Waals surface area contributed by atoms with Crippen LogP contribution in [0.2, 0.25) is 0 Å². The van der Waals surface area contributed by atoms with Gasteiger partial charge in [-0.3, -0.25) is 5.10 Å². The molecule has 1 N–H and O–H groups in total. The largest absolute Gasteiger partial charge is 0.466 e. The average molecular weight is 140 g/mol. The monoisotopic (exact) mass is 140 g/mol. The van der Waals surface area contributed by atoms with Crippen molar-refractivity contribution < 1.29 is 4.74 Å². The van der Waals surface area contributed by atoms with Crippen molar-refractivity contribution in [3.05, 3.63) is 10.4 Å². The number of aromatic nitrogens is 3. The van der Waals surface area contributed by atoms with Gasteiger partial charge in [-0.2, -0.15) is 4.98 Å². The first kappa shape index (κ1) is 6.37. The predicted molar refractivity (Wildman–Crippen MR) is 31.7 cm³/mol. The molecule has 0 aliphatic heterocycles. The van der Waals surface area contributed by atoms with Gasteiger partial charge in [-0.05, 0) is 10.6 Å². The summed E-state index contributed by atoms with van der Waals surface area (Å²) in [6.07, 6.45) is 0. The summed E-state index contributed by atoms with van der Waals surface area (Å²) in [5.41, 5.74) is 7.93. The standard InChI is InChI=1S/C3H4N6O/c1-10-3-5-2(6-8-3)7-9-4/h1H3,(H,5,6,8). The zero-order chi connectivity index (χ0) is 7.40. The lowest BCUT2D eigenvalue weighted by Crippen LogP contribution is -1.82. The van der Waals surface area contributed by atoms with Crippen molar-refractivity contribution >= 4 is 5.95 Å². The normalized spacial score (nSPS) is 8.50. The van der Waals surface area contributed by atoms with Gasteiger partial charge in [0.25, 0.3) is 0 Å². The minimum atomic E-state index is 0.0966. The fourth-order valence-electron chi connectivity index (χ4n) is 0.417. The Kier molecular flexibility index (Phi) is 1.72. The van der Waals surface area contributed by atoms with Gasteiger partial charge in [0.15, 0.2) is 0 Å². The van der Waals surface area contributed by atoms with E-state index in [1.165, 1.54) is 7.11 Å². The second-order valence-corrected chi connectivity index (χ2v) is 1.34. The summed E-state index contributed by atoms with van der Waals surface area (Å²) in [7, 11) is 1.42. The molecule has 1 aromatic heterocycles. The molecule has 0 amide bonds. The quantitative estimate of drug-likeness (QED) is 0.372. The number of ether oxygens (including phenoxy) is 1. The highest BCUT2D eigenvalue weighted by Gasteiger charge is 1.97. The zero-order valence-corrected chi connectivity index (χ0v) is 5.14. The Morgan fingerprint density at radius 1 is 1.80 bits per heavy atom. The number of nitrogens with zero attached hydrogens (tertiary/aromatic N) is 5. The number of hydrogen-bond acceptors (Lipinski definition) is 4. The Balaban J connectivity index is 2.87. The first-order chi connectivity index (χ1) is 4.86. The molecule has 7 heteroatoms. The molecule has 0 saturated carbocycles. The molecule has 52 valence electrons. The minimum absolute atomic E-state index is 0.0966. The smallest absolute Gasteiger partial charge is 0.335 e. The van der Waals surface area contributed by atoms with Crippen LogP contribution < -0.4 is 4.74 Å². The van der Waals surface area contributed by atoms with E-state index < -0.39 is 0 Å². The molecule has 0 unspecified atom stereocenters. The number of rotatable bonds is 2. The topological polar surface area (TPSA) is 99.6 Å². The fourth-order valence-corrected chi connectivity index (χ4v) is 0.417. The Hall–Kier alpha value is -1.75. The lowest BCUT2D eigenvalue weighted by Gasteiger charge is -1.83. The number of hydrogen-bond donors (Lipinski definition) is 1. The van der Waals surface area contributed by atoms with Crippen LogP contribution in [0.4, 0.5) is 5.95 Å². The van der Waals surface area contributed by atoms with Crippen molar-refractivity contribution in [3.8, 4) is 6.01 Å². The number of azide groups is 1. The number of nitrogens with one attached hydrogen (secondary N) is 1. The van der Waals surface area contributed by atoms with Gasteiger partial charge in [-0.25, -0.2) is 0 Å². The summed E-state index contributed by atoms with van der Waals surface area (Å²) in [5.74, 6) is 0.0966. The second-order valence-electron chi connectivity index (χ2n) is 1.34. The SMILES string of the molecule is COc1n[nH]c(N=[N+]=[N-])n1. The van der Waals surface area contributed by atoms with E-state index in [9.17, 15) is 0 Å². The van der Waals surface area contributed by atoms with Crippen LogP contribution in [0.25, 0.3) is 10.4 Å². The molecule has 0 atom stereocenters. The molecule has 0 saturated heterocycles. The molecule has 0 spiro atoms. The third-order valence-corrected chi connectivity index (χ3v) is 0.775. The molecular weight excluding hydrogens is 136 g/mol. The van der Waals surface area contributed by atoms with E-state index in [2.05, 4.69) is 29.9 Å². The minimum Gasteiger partial charge on any atom is -0.466 e. The molecule has 0 aliphatic carbocycles. The molecule has 1 aromatic rings. The Bertz CT molecular complexity index is 260. The third kappa shape index (κ3) is 1.15. The summed E-state index contributed by atoms with van der Waals surface area (Å²) in [4.78, 5) is 6.10. The number of H-pyrrole nitrogens is 1. The first-order valence-corrected chi connectivity index (χ1v) is 2.38. The first-order valence-electron chi connectivity index (χ1n) is 2.38. The molecule has 1 heterocycles. The van der Waals surface area contributed by atoms with Crippen molar-refractivity contribution in [3.63, 3.8) is 0 Å². The summed E-state index contributed by atoms with van der Waals surface area (Å²) < 4.78 is 4.60. The maximum Gasteiger partial charge on any atom is 0.335 e. The molecule has 0 bridgehead atoms. The Morgan fingerprint density at radius 3 is 3.10 bits per heavy atom. The second kappa shape index (κ2) is 2.70. The van der Waals surface area contributed by atoms with Gasteiger partial charge in [0, 0.05) is 4.91 Å². The van der Waals surface area contributed by atoms with Gasteiger partial charge in [0.2, 0.25) is 5.95 Å². The lowest BCUT2D eigenvalue weighted by atomic mass is 11.1. The van der Waals surface area contributed by atoms with E-state index in [1.54, 1.807) is 0 Å².